The molecule has 9 heteroatoms. The number of ketones is 1. The van der Waals surface area contributed by atoms with E-state index in [4.69, 9.17) is 11.6 Å². The quantitative estimate of drug-likeness (QED) is 0.401. The van der Waals surface area contributed by atoms with Gasteiger partial charge in [0.1, 0.15) is 5.82 Å². The smallest absolute Gasteiger partial charge is 0.253 e. The molecule has 1 aromatic heterocycles. The molecule has 2 amide bonds. The molecule has 3 rings (SSSR count). The van der Waals surface area contributed by atoms with Gasteiger partial charge in [-0.25, -0.2) is 14.4 Å². The zero-order valence-electron chi connectivity index (χ0n) is 17.5. The van der Waals surface area contributed by atoms with Crippen molar-refractivity contribution in [2.45, 2.75) is 13.0 Å². The molecule has 0 bridgehead atoms. The van der Waals surface area contributed by atoms with E-state index in [0.29, 0.717) is 16.8 Å². The Bertz CT molecular complexity index is 1150. The van der Waals surface area contributed by atoms with Gasteiger partial charge in [0, 0.05) is 37.7 Å². The number of nitrogens with zero attached hydrogens (tertiary/aromatic N) is 4. The van der Waals surface area contributed by atoms with Crippen LogP contribution in [0, 0.1) is 5.82 Å². The summed E-state index contributed by atoms with van der Waals surface area (Å²) >= 11 is 5.89. The molecule has 0 aliphatic heterocycles. The Kier molecular flexibility index (Phi) is 7.27. The molecule has 0 unspecified atom stereocenters. The zero-order chi connectivity index (χ0) is 23.3. The number of rotatable bonds is 7. The molecule has 32 heavy (non-hydrogen) atoms. The lowest BCUT2D eigenvalue weighted by molar-refractivity contribution is -0.117. The van der Waals surface area contributed by atoms with E-state index in [2.05, 4.69) is 9.97 Å². The largest absolute Gasteiger partial charge is 0.345 e. The second kappa shape index (κ2) is 10.1. The second-order valence-corrected chi connectivity index (χ2v) is 7.56. The molecular formula is C23H20ClFN4O3. The molecule has 0 saturated heterocycles. The van der Waals surface area contributed by atoms with Gasteiger partial charge < -0.3 is 9.80 Å². The molecule has 164 valence electrons. The molecule has 3 aromatic rings. The van der Waals surface area contributed by atoms with Crippen molar-refractivity contribution in [1.29, 1.82) is 0 Å². The highest BCUT2D eigenvalue weighted by Crippen LogP contribution is 2.23. The summed E-state index contributed by atoms with van der Waals surface area (Å²) in [4.78, 5) is 48.6. The highest BCUT2D eigenvalue weighted by molar-refractivity contribution is 6.30. The second-order valence-electron chi connectivity index (χ2n) is 7.15. The van der Waals surface area contributed by atoms with E-state index in [9.17, 15) is 18.8 Å². The summed E-state index contributed by atoms with van der Waals surface area (Å²) in [6.45, 7) is 0.0152. The van der Waals surface area contributed by atoms with Gasteiger partial charge in [-0.05, 0) is 42.0 Å². The Labute approximate surface area is 189 Å². The van der Waals surface area contributed by atoms with Gasteiger partial charge in [-0.1, -0.05) is 23.7 Å². The lowest BCUT2D eigenvalue weighted by Crippen LogP contribution is -2.32. The van der Waals surface area contributed by atoms with Gasteiger partial charge in [0.25, 0.3) is 5.91 Å². The first kappa shape index (κ1) is 23.0. The highest BCUT2D eigenvalue weighted by Gasteiger charge is 2.23. The molecule has 0 atom stereocenters. The van der Waals surface area contributed by atoms with Gasteiger partial charge in [-0.2, -0.15) is 0 Å². The number of Topliss-reactive ketones (excluding diaryl/α,β-unsaturated/α-hetero) is 1. The van der Waals surface area contributed by atoms with Gasteiger partial charge >= 0.3 is 0 Å². The number of halogens is 2. The maximum Gasteiger partial charge on any atom is 0.253 e. The standard InChI is InChI=1S/C23H20ClFN4O3/c1-28(2)23(32)16-5-3-6-17(12-16)29(14-15-7-8-19(25)18(24)11-15)21(31)13-20(30)22-26-9-4-10-27-22/h3-12H,13-14H2,1-2H3. The van der Waals surface area contributed by atoms with E-state index < -0.39 is 23.9 Å². The van der Waals surface area contributed by atoms with Gasteiger partial charge in [0.2, 0.25) is 11.7 Å². The van der Waals surface area contributed by atoms with Crippen molar-refractivity contribution in [3.63, 3.8) is 0 Å². The van der Waals surface area contributed by atoms with E-state index in [1.807, 2.05) is 0 Å². The monoisotopic (exact) mass is 454 g/mol. The van der Waals surface area contributed by atoms with Crippen LogP contribution in [-0.4, -0.2) is 46.6 Å². The highest BCUT2D eigenvalue weighted by atomic mass is 35.5. The zero-order valence-corrected chi connectivity index (χ0v) is 18.2. The van der Waals surface area contributed by atoms with Gasteiger partial charge in [-0.3, -0.25) is 14.4 Å². The number of benzene rings is 2. The topological polar surface area (TPSA) is 83.5 Å². The molecule has 0 spiro atoms. The lowest BCUT2D eigenvalue weighted by Gasteiger charge is -2.24. The van der Waals surface area contributed by atoms with Crippen LogP contribution in [0.1, 0.15) is 33.0 Å². The van der Waals surface area contributed by atoms with E-state index in [-0.39, 0.29) is 23.3 Å². The van der Waals surface area contributed by atoms with Crippen molar-refractivity contribution >= 4 is 34.9 Å². The number of anilines is 1. The molecule has 2 aromatic carbocycles. The number of amides is 2. The van der Waals surface area contributed by atoms with Gasteiger partial charge in [-0.15, -0.1) is 0 Å². The molecule has 0 saturated carbocycles. The van der Waals surface area contributed by atoms with Gasteiger partial charge in [0.05, 0.1) is 18.0 Å². The van der Waals surface area contributed by atoms with Gasteiger partial charge in [0.15, 0.2) is 5.82 Å². The van der Waals surface area contributed by atoms with Crippen LogP contribution in [0.5, 0.6) is 0 Å². The first-order valence-electron chi connectivity index (χ1n) is 9.62. The first-order valence-corrected chi connectivity index (χ1v) is 10.0. The molecule has 0 N–H and O–H groups in total. The summed E-state index contributed by atoms with van der Waals surface area (Å²) in [6.07, 6.45) is 2.35. The third-order valence-electron chi connectivity index (χ3n) is 4.56. The number of hydrogen-bond acceptors (Lipinski definition) is 5. The summed E-state index contributed by atoms with van der Waals surface area (Å²) in [7, 11) is 3.24. The van der Waals surface area contributed by atoms with Crippen LogP contribution in [0.4, 0.5) is 10.1 Å². The fraction of sp³-hybridized carbons (Fsp3) is 0.174. The molecule has 0 fully saturated rings. The maximum atomic E-state index is 13.6. The van der Waals surface area contributed by atoms with Crippen molar-refractivity contribution < 1.29 is 18.8 Å². The van der Waals surface area contributed by atoms with E-state index >= 15 is 0 Å². The van der Waals surface area contributed by atoms with Crippen LogP contribution >= 0.6 is 11.6 Å². The van der Waals surface area contributed by atoms with Crippen LogP contribution in [0.25, 0.3) is 0 Å². The average molecular weight is 455 g/mol. The Morgan fingerprint density at radius 2 is 1.72 bits per heavy atom. The molecule has 1 heterocycles. The summed E-state index contributed by atoms with van der Waals surface area (Å²) in [5.41, 5.74) is 1.34. The van der Waals surface area contributed by atoms with Crippen LogP contribution in [0.3, 0.4) is 0 Å². The normalized spacial score (nSPS) is 10.5. The third kappa shape index (κ3) is 5.53. The summed E-state index contributed by atoms with van der Waals surface area (Å²) < 4.78 is 13.6. The minimum Gasteiger partial charge on any atom is -0.345 e. The van der Waals surface area contributed by atoms with Crippen LogP contribution in [-0.2, 0) is 11.3 Å². The van der Waals surface area contributed by atoms with Crippen molar-refractivity contribution in [3.8, 4) is 0 Å². The minimum absolute atomic E-state index is 0.0152. The molecule has 7 nitrogen and oxygen atoms in total. The average Bonchev–Trinajstić information content (AvgIpc) is 2.79. The molecule has 0 aliphatic carbocycles. The lowest BCUT2D eigenvalue weighted by atomic mass is 10.1. The fourth-order valence-corrected chi connectivity index (χ4v) is 3.17. The van der Waals surface area contributed by atoms with E-state index in [1.165, 1.54) is 40.4 Å². The minimum atomic E-state index is -0.580. The Balaban J connectivity index is 1.94. The van der Waals surface area contributed by atoms with Crippen LogP contribution < -0.4 is 4.90 Å². The van der Waals surface area contributed by atoms with E-state index in [1.54, 1.807) is 44.4 Å². The van der Waals surface area contributed by atoms with Crippen molar-refractivity contribution in [1.82, 2.24) is 14.9 Å². The Hall–Kier alpha value is -3.65. The van der Waals surface area contributed by atoms with Crippen molar-refractivity contribution in [3.05, 3.63) is 88.7 Å². The molecule has 0 aliphatic rings. The van der Waals surface area contributed by atoms with Crippen molar-refractivity contribution in [2.24, 2.45) is 0 Å². The molecular weight excluding hydrogens is 435 g/mol. The fourth-order valence-electron chi connectivity index (χ4n) is 2.96. The summed E-state index contributed by atoms with van der Waals surface area (Å²) in [6, 6.07) is 12.2. The number of hydrogen-bond donors (Lipinski definition) is 0. The predicted molar refractivity (Wildman–Crippen MR) is 118 cm³/mol. The SMILES string of the molecule is CN(C)C(=O)c1cccc(N(Cc2ccc(F)c(Cl)c2)C(=O)CC(=O)c2ncccn2)c1. The number of carbonyl (C=O) groups excluding carboxylic acids is 3. The van der Waals surface area contributed by atoms with Crippen molar-refractivity contribution in [2.75, 3.05) is 19.0 Å². The van der Waals surface area contributed by atoms with Crippen LogP contribution in [0.15, 0.2) is 60.9 Å². The number of aromatic nitrogens is 2. The summed E-state index contributed by atoms with van der Waals surface area (Å²) in [5.74, 6) is -1.96. The summed E-state index contributed by atoms with van der Waals surface area (Å²) in [5, 5.41) is -0.0832. The van der Waals surface area contributed by atoms with Crippen LogP contribution in [0.2, 0.25) is 5.02 Å². The first-order chi connectivity index (χ1) is 15.3. The maximum absolute atomic E-state index is 13.6. The molecule has 0 radical (unpaired) electrons. The number of carbonyl (C=O) groups is 3. The Morgan fingerprint density at radius 3 is 2.38 bits per heavy atom. The Morgan fingerprint density at radius 1 is 1.00 bits per heavy atom. The predicted octanol–water partition coefficient (Wildman–Crippen LogP) is 3.78. The van der Waals surface area contributed by atoms with E-state index in [0.717, 1.165) is 0 Å². The third-order valence-corrected chi connectivity index (χ3v) is 4.85.